The maximum atomic E-state index is 12.4. The first-order valence-corrected chi connectivity index (χ1v) is 5.71. The molecule has 6 nitrogen and oxygen atoms in total. The van der Waals surface area contributed by atoms with Gasteiger partial charge in [0.05, 0.1) is 0 Å². The zero-order valence-electron chi connectivity index (χ0n) is 12.8. The highest BCUT2D eigenvalue weighted by Gasteiger charge is 2.39. The van der Waals surface area contributed by atoms with Gasteiger partial charge < -0.3 is 10.6 Å². The number of benzene rings is 1. The van der Waals surface area contributed by atoms with Crippen LogP contribution in [0.25, 0.3) is 0 Å². The third-order valence-corrected chi connectivity index (χ3v) is 3.25. The lowest BCUT2D eigenvalue weighted by Gasteiger charge is -2.29. The van der Waals surface area contributed by atoms with Crippen molar-refractivity contribution in [3.05, 3.63) is 29.3 Å². The molecule has 0 aliphatic carbocycles. The van der Waals surface area contributed by atoms with E-state index in [4.69, 9.17) is 9.85 Å². The molecular weight excluding hydrogens is 246 g/mol. The Balaban J connectivity index is 1.99. The number of carbonyl (C=O) groups excluding carboxylic acids is 3. The third kappa shape index (κ3) is 1.76. The molecule has 0 aromatic heterocycles. The summed E-state index contributed by atoms with van der Waals surface area (Å²) in [5.74, 6) is -2.50. The van der Waals surface area contributed by atoms with Gasteiger partial charge >= 0.3 is 0 Å². The summed E-state index contributed by atoms with van der Waals surface area (Å²) >= 11 is 0. The van der Waals surface area contributed by atoms with E-state index in [2.05, 4.69) is 0 Å². The predicted molar refractivity (Wildman–Crippen MR) is 66.9 cm³/mol. The largest absolute Gasteiger partial charge is 0.398 e. The molecule has 98 valence electrons. The van der Waals surface area contributed by atoms with Gasteiger partial charge in [-0.2, -0.15) is 0 Å². The first kappa shape index (κ1) is 8.68. The van der Waals surface area contributed by atoms with E-state index in [1.165, 1.54) is 0 Å². The average molecular weight is 262 g/mol. The minimum atomic E-state index is -2.56. The zero-order valence-corrected chi connectivity index (χ0v) is 9.84. The van der Waals surface area contributed by atoms with Gasteiger partial charge in [0.15, 0.2) is 0 Å². The number of piperidine rings is 1. The molecule has 2 aliphatic heterocycles. The van der Waals surface area contributed by atoms with Crippen molar-refractivity contribution in [2.75, 3.05) is 5.73 Å². The topological polar surface area (TPSA) is 92.5 Å². The fourth-order valence-corrected chi connectivity index (χ4v) is 2.29. The number of nitrogens with two attached hydrogens (primary N) is 1. The van der Waals surface area contributed by atoms with Gasteiger partial charge in [-0.05, 0) is 18.5 Å². The van der Waals surface area contributed by atoms with Gasteiger partial charge in [-0.25, -0.2) is 0 Å². The number of carbonyl (C=O) groups is 3. The summed E-state index contributed by atoms with van der Waals surface area (Å²) in [4.78, 5) is 37.1. The summed E-state index contributed by atoms with van der Waals surface area (Å²) in [5, 5.41) is 1.89. The summed E-state index contributed by atoms with van der Waals surface area (Å²) < 4.78 is 23.2. The lowest BCUT2D eigenvalue weighted by molar-refractivity contribution is -0.136. The summed E-state index contributed by atoms with van der Waals surface area (Å²) in [6.45, 7) is 0.0125. The molecular formula is C13H13N3O3. The number of amides is 3. The number of nitrogens with zero attached hydrogens (tertiary/aromatic N) is 1. The van der Waals surface area contributed by atoms with Crippen LogP contribution in [0.5, 0.6) is 0 Å². The molecule has 0 spiro atoms. The number of rotatable bonds is 1. The van der Waals surface area contributed by atoms with Crippen LogP contribution in [0, 0.1) is 0 Å². The fraction of sp³-hybridized carbons (Fsp3) is 0.308. The highest BCUT2D eigenvalue weighted by Crippen LogP contribution is 2.30. The molecule has 1 saturated heterocycles. The molecule has 0 saturated carbocycles. The summed E-state index contributed by atoms with van der Waals surface area (Å²) in [5.41, 5.74) is 7.09. The monoisotopic (exact) mass is 262 g/mol. The Hall–Kier alpha value is -2.37. The van der Waals surface area contributed by atoms with Crippen molar-refractivity contribution in [1.29, 1.82) is 0 Å². The molecule has 0 bridgehead atoms. The first-order valence-electron chi connectivity index (χ1n) is 7.28. The maximum absolute atomic E-state index is 12.4. The number of hydrogen-bond acceptors (Lipinski definition) is 4. The summed E-state index contributed by atoms with van der Waals surface area (Å²) in [6.07, 6.45) is -4.26. The van der Waals surface area contributed by atoms with Gasteiger partial charge in [0.1, 0.15) is 6.04 Å². The molecule has 1 aromatic carbocycles. The Bertz CT molecular complexity index is 707. The Kier molecular flexibility index (Phi) is 1.87. The SMILES string of the molecule is [2H]C1C(N2Cc3c(N)cccc3C2=O)C(=O)NC(=O)C1([2H])[2H]. The minimum Gasteiger partial charge on any atom is -0.398 e. The highest BCUT2D eigenvalue weighted by molar-refractivity contribution is 6.06. The Morgan fingerprint density at radius 3 is 2.89 bits per heavy atom. The van der Waals surface area contributed by atoms with E-state index in [0.717, 1.165) is 4.90 Å². The zero-order chi connectivity index (χ0) is 16.2. The smallest absolute Gasteiger partial charge is 0.255 e. The van der Waals surface area contributed by atoms with Crippen LogP contribution in [0.4, 0.5) is 5.69 Å². The van der Waals surface area contributed by atoms with E-state index >= 15 is 0 Å². The molecule has 19 heavy (non-hydrogen) atoms. The van der Waals surface area contributed by atoms with Gasteiger partial charge in [0.2, 0.25) is 11.8 Å². The van der Waals surface area contributed by atoms with Gasteiger partial charge in [-0.1, -0.05) is 6.07 Å². The van der Waals surface area contributed by atoms with Crippen LogP contribution < -0.4 is 11.1 Å². The van der Waals surface area contributed by atoms with Crippen molar-refractivity contribution < 1.29 is 18.5 Å². The van der Waals surface area contributed by atoms with Crippen molar-refractivity contribution in [1.82, 2.24) is 10.2 Å². The number of anilines is 1. The van der Waals surface area contributed by atoms with E-state index < -0.39 is 36.5 Å². The lowest BCUT2D eigenvalue weighted by Crippen LogP contribution is -2.52. The van der Waals surface area contributed by atoms with Crippen molar-refractivity contribution in [3.8, 4) is 0 Å². The molecule has 1 aromatic rings. The molecule has 2 heterocycles. The van der Waals surface area contributed by atoms with E-state index in [1.807, 2.05) is 5.32 Å². The number of hydrogen-bond donors (Lipinski definition) is 2. The van der Waals surface area contributed by atoms with Crippen LogP contribution in [-0.4, -0.2) is 28.7 Å². The van der Waals surface area contributed by atoms with Gasteiger partial charge in [0.25, 0.3) is 5.91 Å². The van der Waals surface area contributed by atoms with E-state index in [1.54, 1.807) is 18.2 Å². The van der Waals surface area contributed by atoms with Crippen LogP contribution in [0.1, 0.15) is 32.8 Å². The third-order valence-electron chi connectivity index (χ3n) is 3.25. The molecule has 6 heteroatoms. The Labute approximate surface area is 113 Å². The first-order chi connectivity index (χ1) is 10.2. The second-order valence-electron chi connectivity index (χ2n) is 4.38. The van der Waals surface area contributed by atoms with Gasteiger partial charge in [-0.15, -0.1) is 0 Å². The van der Waals surface area contributed by atoms with Crippen molar-refractivity contribution in [2.24, 2.45) is 0 Å². The number of imide groups is 1. The molecule has 2 unspecified atom stereocenters. The van der Waals surface area contributed by atoms with Crippen LogP contribution >= 0.6 is 0 Å². The molecule has 3 N–H and O–H groups in total. The van der Waals surface area contributed by atoms with Crippen LogP contribution in [0.15, 0.2) is 18.2 Å². The normalized spacial score (nSPS) is 31.3. The van der Waals surface area contributed by atoms with Crippen LogP contribution in [0.2, 0.25) is 0 Å². The minimum absolute atomic E-state index is 0.0125. The predicted octanol–water partition coefficient (Wildman–Crippen LogP) is 0.0298. The van der Waals surface area contributed by atoms with Crippen LogP contribution in [0.3, 0.4) is 0 Å². The van der Waals surface area contributed by atoms with Crippen molar-refractivity contribution in [3.63, 3.8) is 0 Å². The van der Waals surface area contributed by atoms with E-state index in [0.29, 0.717) is 16.8 Å². The van der Waals surface area contributed by atoms with Crippen molar-refractivity contribution in [2.45, 2.75) is 25.4 Å². The quantitative estimate of drug-likeness (QED) is 0.551. The fourth-order valence-electron chi connectivity index (χ4n) is 2.29. The summed E-state index contributed by atoms with van der Waals surface area (Å²) in [6, 6.07) is 3.41. The summed E-state index contributed by atoms with van der Waals surface area (Å²) in [7, 11) is 0. The standard InChI is InChI=1S/C13H13N3O3/c14-9-3-1-2-7-8(9)6-16(13(7)19)10-4-5-11(17)15-12(10)18/h1-3,10H,4-6,14H2,(H,15,17,18)/i4D,5D2. The molecule has 3 amide bonds. The van der Waals surface area contributed by atoms with Crippen LogP contribution in [-0.2, 0) is 16.1 Å². The number of fused-ring (bicyclic) bond motifs is 1. The molecule has 2 atom stereocenters. The van der Waals surface area contributed by atoms with Gasteiger partial charge in [0, 0.05) is 33.8 Å². The van der Waals surface area contributed by atoms with E-state index in [9.17, 15) is 14.4 Å². The Morgan fingerprint density at radius 2 is 2.16 bits per heavy atom. The van der Waals surface area contributed by atoms with Gasteiger partial charge in [-0.3, -0.25) is 19.7 Å². The highest BCUT2D eigenvalue weighted by atomic mass is 16.2. The second-order valence-corrected chi connectivity index (χ2v) is 4.38. The number of nitrogens with one attached hydrogen (secondary N) is 1. The molecule has 1 fully saturated rings. The van der Waals surface area contributed by atoms with E-state index in [-0.39, 0.29) is 6.54 Å². The second kappa shape index (κ2) is 4.08. The average Bonchev–Trinajstić information content (AvgIpc) is 2.77. The van der Waals surface area contributed by atoms with Crippen molar-refractivity contribution >= 4 is 23.4 Å². The lowest BCUT2D eigenvalue weighted by atomic mass is 10.0. The maximum Gasteiger partial charge on any atom is 0.255 e. The molecule has 3 rings (SSSR count). The molecule has 2 aliphatic rings. The Morgan fingerprint density at radius 1 is 1.37 bits per heavy atom. The number of nitrogen functional groups attached to an aromatic ring is 1. The molecule has 0 radical (unpaired) electrons.